The van der Waals surface area contributed by atoms with Gasteiger partial charge in [0.15, 0.2) is 16.1 Å². The number of benzene rings is 1. The fourth-order valence-electron chi connectivity index (χ4n) is 2.32. The standard InChI is InChI=1S/C16H13Cl2FN4S/c1-3-23(9-7-5-4-6-8-9)15-10-12(20-16(22-15)24-2)11(19)14(18)21-13(10)17/h4-8H,3H2,1-2H3/i1T. The summed E-state index contributed by atoms with van der Waals surface area (Å²) in [6.07, 6.45) is 1.80. The Hall–Kier alpha value is -1.63. The Morgan fingerprint density at radius 1 is 1.17 bits per heavy atom. The summed E-state index contributed by atoms with van der Waals surface area (Å²) < 4.78 is 22.2. The minimum absolute atomic E-state index is 0.0188. The van der Waals surface area contributed by atoms with E-state index < -0.39 is 5.82 Å². The highest BCUT2D eigenvalue weighted by atomic mass is 35.5. The number of anilines is 2. The molecule has 0 bridgehead atoms. The van der Waals surface area contributed by atoms with Crippen molar-refractivity contribution in [2.45, 2.75) is 12.1 Å². The lowest BCUT2D eigenvalue weighted by molar-refractivity contribution is 0.629. The lowest BCUT2D eigenvalue weighted by Crippen LogP contribution is -2.18. The van der Waals surface area contributed by atoms with Crippen LogP contribution in [-0.2, 0) is 0 Å². The van der Waals surface area contributed by atoms with E-state index in [4.69, 9.17) is 24.6 Å². The fourth-order valence-corrected chi connectivity index (χ4v) is 3.15. The second kappa shape index (κ2) is 7.09. The van der Waals surface area contributed by atoms with E-state index in [1.165, 1.54) is 11.8 Å². The maximum absolute atomic E-state index is 14.5. The largest absolute Gasteiger partial charge is 0.326 e. The predicted octanol–water partition coefficient (Wildman–Crippen LogP) is 5.35. The van der Waals surface area contributed by atoms with Crippen LogP contribution in [0.5, 0.6) is 0 Å². The summed E-state index contributed by atoms with van der Waals surface area (Å²) in [5.41, 5.74) is 0.832. The molecule has 0 atom stereocenters. The number of hydrogen-bond acceptors (Lipinski definition) is 5. The molecule has 24 heavy (non-hydrogen) atoms. The molecule has 0 fully saturated rings. The van der Waals surface area contributed by atoms with Crippen LogP contribution in [0.15, 0.2) is 35.5 Å². The van der Waals surface area contributed by atoms with Gasteiger partial charge in [-0.15, -0.1) is 0 Å². The molecule has 0 aliphatic carbocycles. The number of thioether (sulfide) groups is 1. The summed E-state index contributed by atoms with van der Waals surface area (Å²) in [6.45, 7) is 0.473. The minimum atomic E-state index is -0.737. The Morgan fingerprint density at radius 2 is 1.92 bits per heavy atom. The van der Waals surface area contributed by atoms with Gasteiger partial charge in [0, 0.05) is 13.6 Å². The smallest absolute Gasteiger partial charge is 0.189 e. The fraction of sp³-hybridized carbons (Fsp3) is 0.188. The number of aromatic nitrogens is 3. The van der Waals surface area contributed by atoms with E-state index in [1.54, 1.807) is 11.2 Å². The van der Waals surface area contributed by atoms with Crippen molar-refractivity contribution in [2.75, 3.05) is 17.7 Å². The average Bonchev–Trinajstić information content (AvgIpc) is 2.64. The van der Waals surface area contributed by atoms with Crippen LogP contribution in [0.4, 0.5) is 15.9 Å². The van der Waals surface area contributed by atoms with Gasteiger partial charge < -0.3 is 4.90 Å². The summed E-state index contributed by atoms with van der Waals surface area (Å²) in [5, 5.41) is 0.347. The Kier molecular flexibility index (Phi) is 4.69. The molecule has 8 heteroatoms. The number of halogens is 3. The Labute approximate surface area is 154 Å². The zero-order chi connectivity index (χ0) is 18.0. The summed E-state index contributed by atoms with van der Waals surface area (Å²) in [4.78, 5) is 14.4. The molecule has 0 spiro atoms. The van der Waals surface area contributed by atoms with Crippen LogP contribution >= 0.6 is 35.0 Å². The van der Waals surface area contributed by atoms with Gasteiger partial charge >= 0.3 is 0 Å². The van der Waals surface area contributed by atoms with Gasteiger partial charge in [0.25, 0.3) is 0 Å². The summed E-state index contributed by atoms with van der Waals surface area (Å²) in [7, 11) is 0. The van der Waals surface area contributed by atoms with Crippen molar-refractivity contribution in [3.63, 3.8) is 0 Å². The third-order valence-electron chi connectivity index (χ3n) is 3.39. The Morgan fingerprint density at radius 3 is 2.58 bits per heavy atom. The molecular weight excluding hydrogens is 370 g/mol. The molecule has 0 saturated carbocycles. The molecule has 0 amide bonds. The monoisotopic (exact) mass is 384 g/mol. The number of para-hydroxylation sites is 1. The Balaban J connectivity index is 2.34. The molecule has 3 aromatic rings. The summed E-state index contributed by atoms with van der Waals surface area (Å²) in [6, 6.07) is 9.42. The van der Waals surface area contributed by atoms with Crippen LogP contribution in [-0.4, -0.2) is 27.8 Å². The molecular formula is C16H13Cl2FN4S. The molecule has 0 aliphatic heterocycles. The van der Waals surface area contributed by atoms with Crippen molar-refractivity contribution in [3.05, 3.63) is 46.5 Å². The highest BCUT2D eigenvalue weighted by molar-refractivity contribution is 7.98. The molecule has 0 unspecified atom stereocenters. The van der Waals surface area contributed by atoms with E-state index in [2.05, 4.69) is 15.0 Å². The van der Waals surface area contributed by atoms with Gasteiger partial charge in [-0.3, -0.25) is 0 Å². The molecule has 2 aromatic heterocycles. The van der Waals surface area contributed by atoms with Crippen molar-refractivity contribution in [3.8, 4) is 0 Å². The van der Waals surface area contributed by atoms with Crippen LogP contribution in [0.2, 0.25) is 10.3 Å². The lowest BCUT2D eigenvalue weighted by atomic mass is 10.2. The van der Waals surface area contributed by atoms with Crippen LogP contribution in [0.1, 0.15) is 8.27 Å². The van der Waals surface area contributed by atoms with Gasteiger partial charge in [0.1, 0.15) is 16.5 Å². The molecule has 0 N–H and O–H groups in total. The third-order valence-corrected chi connectivity index (χ3v) is 4.46. The molecule has 0 radical (unpaired) electrons. The van der Waals surface area contributed by atoms with E-state index in [0.717, 1.165) is 5.69 Å². The van der Waals surface area contributed by atoms with Crippen LogP contribution in [0.25, 0.3) is 10.9 Å². The van der Waals surface area contributed by atoms with Crippen molar-refractivity contribution < 1.29 is 5.76 Å². The van der Waals surface area contributed by atoms with Crippen molar-refractivity contribution in [1.29, 1.82) is 0 Å². The van der Waals surface area contributed by atoms with Crippen LogP contribution in [0, 0.1) is 5.82 Å². The lowest BCUT2D eigenvalue weighted by Gasteiger charge is -2.24. The number of fused-ring (bicyclic) bond motifs is 1. The number of nitrogens with zero attached hydrogens (tertiary/aromatic N) is 4. The van der Waals surface area contributed by atoms with Gasteiger partial charge in [0.2, 0.25) is 0 Å². The van der Waals surface area contributed by atoms with Gasteiger partial charge in [-0.05, 0) is 25.3 Å². The zero-order valence-corrected chi connectivity index (χ0v) is 15.0. The van der Waals surface area contributed by atoms with Gasteiger partial charge in [0.05, 0.1) is 5.39 Å². The molecule has 1 aromatic carbocycles. The first-order valence-electron chi connectivity index (χ1n) is 7.65. The topological polar surface area (TPSA) is 41.9 Å². The predicted molar refractivity (Wildman–Crippen MR) is 98.2 cm³/mol. The van der Waals surface area contributed by atoms with Crippen LogP contribution < -0.4 is 4.90 Å². The number of pyridine rings is 1. The molecule has 0 saturated heterocycles. The maximum Gasteiger partial charge on any atom is 0.189 e. The van der Waals surface area contributed by atoms with Gasteiger partial charge in [-0.25, -0.2) is 19.3 Å². The average molecular weight is 385 g/mol. The SMILES string of the molecule is [3H]CCN(c1ccccc1)c1nc(SC)nc2c(F)c(Cl)nc(Cl)c12. The molecule has 3 rings (SSSR count). The maximum atomic E-state index is 14.5. The number of rotatable bonds is 4. The highest BCUT2D eigenvalue weighted by Crippen LogP contribution is 2.37. The first-order chi connectivity index (χ1) is 12.1. The molecule has 124 valence electrons. The van der Waals surface area contributed by atoms with E-state index in [-0.39, 0.29) is 28.1 Å². The second-order valence-corrected chi connectivity index (χ2v) is 6.24. The number of hydrogen-bond donors (Lipinski definition) is 0. The van der Waals surface area contributed by atoms with Crippen LogP contribution in [0.3, 0.4) is 0 Å². The van der Waals surface area contributed by atoms with E-state index in [9.17, 15) is 4.39 Å². The minimum Gasteiger partial charge on any atom is -0.326 e. The van der Waals surface area contributed by atoms with E-state index in [1.807, 2.05) is 30.3 Å². The first-order valence-corrected chi connectivity index (χ1v) is 8.93. The van der Waals surface area contributed by atoms with Gasteiger partial charge in [-0.2, -0.15) is 0 Å². The summed E-state index contributed by atoms with van der Waals surface area (Å²) in [5.74, 6) is -0.334. The Bertz CT molecular complexity index is 914. The molecule has 0 aliphatic rings. The van der Waals surface area contributed by atoms with Crippen molar-refractivity contribution in [1.82, 2.24) is 15.0 Å². The van der Waals surface area contributed by atoms with Gasteiger partial charge in [-0.1, -0.05) is 53.2 Å². The second-order valence-electron chi connectivity index (χ2n) is 4.75. The molecule has 2 heterocycles. The first kappa shape index (κ1) is 15.9. The normalized spacial score (nSPS) is 11.6. The van der Waals surface area contributed by atoms with E-state index in [0.29, 0.717) is 17.5 Å². The molecule has 4 nitrogen and oxygen atoms in total. The van der Waals surface area contributed by atoms with Crippen molar-refractivity contribution in [2.24, 2.45) is 0 Å². The zero-order valence-electron chi connectivity index (χ0n) is 13.6. The third kappa shape index (κ3) is 3.01. The quantitative estimate of drug-likeness (QED) is 0.344. The summed E-state index contributed by atoms with van der Waals surface area (Å²) >= 11 is 13.3. The van der Waals surface area contributed by atoms with Crippen molar-refractivity contribution >= 4 is 57.4 Å². The van der Waals surface area contributed by atoms with E-state index >= 15 is 0 Å². The highest BCUT2D eigenvalue weighted by Gasteiger charge is 2.22.